The second kappa shape index (κ2) is 4.98. The molecule has 88 valence electrons. The summed E-state index contributed by atoms with van der Waals surface area (Å²) in [5.74, 6) is 0.385. The maximum Gasteiger partial charge on any atom is 0.410 e. The van der Waals surface area contributed by atoms with Gasteiger partial charge in [0.25, 0.3) is 0 Å². The van der Waals surface area contributed by atoms with E-state index in [1.165, 1.54) is 0 Å². The van der Waals surface area contributed by atoms with E-state index in [9.17, 15) is 4.79 Å². The zero-order valence-electron chi connectivity index (χ0n) is 10.2. The monoisotopic (exact) mass is 230 g/mol. The first-order chi connectivity index (χ1) is 6.93. The zero-order chi connectivity index (χ0) is 11.5. The van der Waals surface area contributed by atoms with Crippen LogP contribution in [0.25, 0.3) is 0 Å². The van der Waals surface area contributed by atoms with E-state index >= 15 is 0 Å². The van der Waals surface area contributed by atoms with Gasteiger partial charge < -0.3 is 15.0 Å². The molecule has 0 aromatic carbocycles. The SMILES string of the molecule is CC(C)C(C)([SiH3])OC(=O)N1CCNCC1. The minimum atomic E-state index is -0.248. The number of amides is 1. The van der Waals surface area contributed by atoms with Crippen LogP contribution in [0.3, 0.4) is 0 Å². The van der Waals surface area contributed by atoms with Crippen LogP contribution in [0, 0.1) is 5.92 Å². The average molecular weight is 230 g/mol. The molecule has 0 aliphatic carbocycles. The summed E-state index contributed by atoms with van der Waals surface area (Å²) in [5, 5.41) is 2.97. The highest BCUT2D eigenvalue weighted by molar-refractivity contribution is 6.15. The van der Waals surface area contributed by atoms with E-state index in [1.54, 1.807) is 4.90 Å². The van der Waals surface area contributed by atoms with Gasteiger partial charge in [0, 0.05) is 26.2 Å². The Bertz CT molecular complexity index is 225. The number of piperazine rings is 1. The first-order valence-corrected chi connectivity index (χ1v) is 6.62. The van der Waals surface area contributed by atoms with Gasteiger partial charge in [0.2, 0.25) is 0 Å². The molecule has 1 aliphatic rings. The van der Waals surface area contributed by atoms with Gasteiger partial charge in [-0.3, -0.25) is 0 Å². The number of ether oxygens (including phenoxy) is 1. The quantitative estimate of drug-likeness (QED) is 0.666. The third-order valence-electron chi connectivity index (χ3n) is 3.12. The summed E-state index contributed by atoms with van der Waals surface area (Å²) in [6, 6.07) is 0. The smallest absolute Gasteiger partial charge is 0.410 e. The van der Waals surface area contributed by atoms with Gasteiger partial charge in [-0.2, -0.15) is 0 Å². The minimum Gasteiger partial charge on any atom is -0.448 e. The molecule has 1 amide bonds. The van der Waals surface area contributed by atoms with E-state index in [-0.39, 0.29) is 11.3 Å². The Labute approximate surface area is 94.8 Å². The molecule has 0 radical (unpaired) electrons. The number of carbonyl (C=O) groups is 1. The van der Waals surface area contributed by atoms with E-state index in [2.05, 4.69) is 19.2 Å². The zero-order valence-corrected chi connectivity index (χ0v) is 12.2. The van der Waals surface area contributed by atoms with Gasteiger partial charge >= 0.3 is 6.09 Å². The van der Waals surface area contributed by atoms with Gasteiger partial charge in [-0.25, -0.2) is 4.79 Å². The maximum atomic E-state index is 11.8. The minimum absolute atomic E-state index is 0.150. The lowest BCUT2D eigenvalue weighted by Crippen LogP contribution is -2.50. The molecule has 1 fully saturated rings. The third kappa shape index (κ3) is 3.50. The maximum absolute atomic E-state index is 11.8. The van der Waals surface area contributed by atoms with E-state index in [0.29, 0.717) is 5.92 Å². The number of nitrogens with zero attached hydrogens (tertiary/aromatic N) is 1. The molecule has 1 rings (SSSR count). The second-order valence-electron chi connectivity index (χ2n) is 4.86. The van der Waals surface area contributed by atoms with Gasteiger partial charge in [-0.05, 0) is 12.8 Å². The van der Waals surface area contributed by atoms with E-state index in [1.807, 2.05) is 6.92 Å². The number of nitrogens with one attached hydrogen (secondary N) is 1. The van der Waals surface area contributed by atoms with Crippen LogP contribution in [0.4, 0.5) is 4.79 Å². The van der Waals surface area contributed by atoms with Crippen LogP contribution in [-0.4, -0.2) is 52.6 Å². The summed E-state index contributed by atoms with van der Waals surface area (Å²) in [7, 11) is 0.866. The Kier molecular flexibility index (Phi) is 4.16. The van der Waals surface area contributed by atoms with Crippen LogP contribution >= 0.6 is 0 Å². The molecule has 0 aromatic heterocycles. The fraction of sp³-hybridized carbons (Fsp3) is 0.900. The van der Waals surface area contributed by atoms with Crippen molar-refractivity contribution >= 4 is 16.3 Å². The Morgan fingerprint density at radius 1 is 1.47 bits per heavy atom. The van der Waals surface area contributed by atoms with Gasteiger partial charge in [-0.1, -0.05) is 13.8 Å². The number of carbonyl (C=O) groups excluding carboxylic acids is 1. The van der Waals surface area contributed by atoms with Gasteiger partial charge in [0.05, 0.1) is 15.5 Å². The molecule has 1 atom stereocenters. The number of hydrogen-bond acceptors (Lipinski definition) is 3. The van der Waals surface area contributed by atoms with Crippen LogP contribution in [0.15, 0.2) is 0 Å². The van der Waals surface area contributed by atoms with Crippen molar-refractivity contribution in [3.05, 3.63) is 0 Å². The Morgan fingerprint density at radius 2 is 2.00 bits per heavy atom. The normalized spacial score (nSPS) is 21.5. The molecule has 4 nitrogen and oxygen atoms in total. The topological polar surface area (TPSA) is 41.6 Å². The first kappa shape index (κ1) is 12.5. The second-order valence-corrected chi connectivity index (χ2v) is 6.85. The molecule has 1 N–H and O–H groups in total. The molecular weight excluding hydrogens is 208 g/mol. The number of rotatable bonds is 2. The highest BCUT2D eigenvalue weighted by Crippen LogP contribution is 2.18. The standard InChI is InChI=1S/C10H22N2O2Si/c1-8(2)10(3,15)14-9(13)12-6-4-11-5-7-12/h8,11H,4-7H2,1-3,15H3. The molecule has 5 heteroatoms. The molecule has 1 aliphatic heterocycles. The van der Waals surface area contributed by atoms with Crippen LogP contribution in [0.2, 0.25) is 0 Å². The van der Waals surface area contributed by atoms with Crippen molar-refractivity contribution in [1.29, 1.82) is 0 Å². The summed E-state index contributed by atoms with van der Waals surface area (Å²) in [5.41, 5.74) is 0. The van der Waals surface area contributed by atoms with Gasteiger partial charge in [0.1, 0.15) is 0 Å². The van der Waals surface area contributed by atoms with E-state index < -0.39 is 0 Å². The predicted octanol–water partition coefficient (Wildman–Crippen LogP) is -0.234. The summed E-state index contributed by atoms with van der Waals surface area (Å²) >= 11 is 0. The third-order valence-corrected chi connectivity index (χ3v) is 4.47. The molecule has 1 saturated heterocycles. The van der Waals surface area contributed by atoms with Crippen LogP contribution in [0.5, 0.6) is 0 Å². The summed E-state index contributed by atoms with van der Waals surface area (Å²) in [4.78, 5) is 13.6. The van der Waals surface area contributed by atoms with Crippen LogP contribution in [0.1, 0.15) is 20.8 Å². The molecule has 0 bridgehead atoms. The molecule has 0 spiro atoms. The lowest BCUT2D eigenvalue weighted by Gasteiger charge is -2.34. The molecule has 1 unspecified atom stereocenters. The fourth-order valence-corrected chi connectivity index (χ4v) is 1.43. The van der Waals surface area contributed by atoms with Crippen molar-refractivity contribution in [1.82, 2.24) is 10.2 Å². The molecule has 15 heavy (non-hydrogen) atoms. The Balaban J connectivity index is 2.47. The highest BCUT2D eigenvalue weighted by atomic mass is 28.1. The average Bonchev–Trinajstić information content (AvgIpc) is 2.18. The summed E-state index contributed by atoms with van der Waals surface area (Å²) in [6.07, 6.45) is -0.150. The number of hydrogen-bond donors (Lipinski definition) is 1. The highest BCUT2D eigenvalue weighted by Gasteiger charge is 2.29. The largest absolute Gasteiger partial charge is 0.448 e. The molecule has 1 heterocycles. The van der Waals surface area contributed by atoms with E-state index in [4.69, 9.17) is 4.74 Å². The summed E-state index contributed by atoms with van der Waals surface area (Å²) in [6.45, 7) is 9.46. The van der Waals surface area contributed by atoms with Crippen molar-refractivity contribution in [3.63, 3.8) is 0 Å². The molecule has 0 aromatic rings. The Morgan fingerprint density at radius 3 is 2.47 bits per heavy atom. The van der Waals surface area contributed by atoms with Crippen molar-refractivity contribution in [2.24, 2.45) is 5.92 Å². The van der Waals surface area contributed by atoms with Gasteiger partial charge in [0.15, 0.2) is 0 Å². The predicted molar refractivity (Wildman–Crippen MR) is 64.1 cm³/mol. The summed E-state index contributed by atoms with van der Waals surface area (Å²) < 4.78 is 5.56. The van der Waals surface area contributed by atoms with Crippen molar-refractivity contribution in [2.75, 3.05) is 26.2 Å². The van der Waals surface area contributed by atoms with Crippen molar-refractivity contribution < 1.29 is 9.53 Å². The lowest BCUT2D eigenvalue weighted by atomic mass is 10.1. The Hall–Kier alpha value is -0.553. The van der Waals surface area contributed by atoms with Crippen LogP contribution in [-0.2, 0) is 4.74 Å². The van der Waals surface area contributed by atoms with Crippen molar-refractivity contribution in [2.45, 2.75) is 26.0 Å². The van der Waals surface area contributed by atoms with E-state index in [0.717, 1.165) is 36.4 Å². The molecule has 0 saturated carbocycles. The van der Waals surface area contributed by atoms with Crippen LogP contribution < -0.4 is 5.32 Å². The lowest BCUT2D eigenvalue weighted by molar-refractivity contribution is 0.0239. The molecular formula is C10H22N2O2Si. The van der Waals surface area contributed by atoms with Gasteiger partial charge in [-0.15, -0.1) is 0 Å². The fourth-order valence-electron chi connectivity index (χ4n) is 1.25. The first-order valence-electron chi connectivity index (χ1n) is 5.62. The van der Waals surface area contributed by atoms with Crippen molar-refractivity contribution in [3.8, 4) is 0 Å².